The number of nitrogens with two attached hydrogens (primary N) is 1. The molecule has 0 saturated carbocycles. The summed E-state index contributed by atoms with van der Waals surface area (Å²) >= 11 is 0. The lowest BCUT2D eigenvalue weighted by molar-refractivity contribution is -0.129. The van der Waals surface area contributed by atoms with E-state index in [2.05, 4.69) is 15.1 Å². The van der Waals surface area contributed by atoms with Gasteiger partial charge in [-0.15, -0.1) is 0 Å². The Morgan fingerprint density at radius 1 is 1.21 bits per heavy atom. The number of aliphatic imine (C=N–C) groups is 1. The molecule has 7 nitrogen and oxygen atoms in total. The normalized spacial score (nSPS) is 19.1. The smallest absolute Gasteiger partial charge is 0.280 e. The molecule has 1 amide bonds. The van der Waals surface area contributed by atoms with Crippen LogP contribution in [0.4, 0.5) is 13.2 Å². The Kier molecular flexibility index (Phi) is 4.33. The van der Waals surface area contributed by atoms with Crippen LogP contribution in [0.25, 0.3) is 11.3 Å². The fraction of sp³-hybridized carbons (Fsp3) is 0.158. The second-order valence-electron chi connectivity index (χ2n) is 6.39. The number of nitrogens with zero attached hydrogens (tertiary/aromatic N) is 4. The lowest BCUT2D eigenvalue weighted by Gasteiger charge is -2.27. The molecule has 0 bridgehead atoms. The van der Waals surface area contributed by atoms with Gasteiger partial charge in [0.25, 0.3) is 12.3 Å². The van der Waals surface area contributed by atoms with Crippen LogP contribution < -0.4 is 5.73 Å². The molecule has 1 atom stereocenters. The molecule has 10 heteroatoms. The number of benzene rings is 1. The highest BCUT2D eigenvalue weighted by atomic mass is 19.3. The van der Waals surface area contributed by atoms with Crippen molar-refractivity contribution >= 4 is 11.9 Å². The first-order chi connectivity index (χ1) is 13.8. The molecule has 2 aromatic heterocycles. The average Bonchev–Trinajstić information content (AvgIpc) is 3.33. The molecule has 148 valence electrons. The molecule has 2 N–H and O–H groups in total. The summed E-state index contributed by atoms with van der Waals surface area (Å²) in [6.07, 6.45) is -0.417. The summed E-state index contributed by atoms with van der Waals surface area (Å²) in [6.45, 7) is 0. The largest absolute Gasteiger partial charge is 0.369 e. The number of pyridine rings is 1. The first kappa shape index (κ1) is 18.7. The van der Waals surface area contributed by atoms with Gasteiger partial charge >= 0.3 is 0 Å². The predicted octanol–water partition coefficient (Wildman–Crippen LogP) is 2.84. The van der Waals surface area contributed by atoms with Crippen LogP contribution >= 0.6 is 0 Å². The molecular weight excluding hydrogens is 387 g/mol. The van der Waals surface area contributed by atoms with E-state index in [0.717, 1.165) is 23.2 Å². The quantitative estimate of drug-likeness (QED) is 0.725. The third-order valence-corrected chi connectivity index (χ3v) is 4.75. The van der Waals surface area contributed by atoms with Crippen LogP contribution in [0.1, 0.15) is 23.2 Å². The first-order valence-electron chi connectivity index (χ1n) is 8.43. The lowest BCUT2D eigenvalue weighted by Crippen LogP contribution is -2.41. The van der Waals surface area contributed by atoms with E-state index < -0.39 is 29.4 Å². The van der Waals surface area contributed by atoms with E-state index in [9.17, 15) is 18.0 Å². The highest BCUT2D eigenvalue weighted by Crippen LogP contribution is 2.42. The number of amides is 1. The molecule has 1 aliphatic rings. The molecule has 4 rings (SSSR count). The second-order valence-corrected chi connectivity index (χ2v) is 6.39. The standard InChI is InChI=1S/C19H14F3N5O2/c1-27-17(28)19(25-18(27)23,11-4-6-24-15(9-11)16(21)22)12-8-10(2-3-13(12)20)14-5-7-29-26-14/h2-9,16H,1H3,(H2,23,25). The van der Waals surface area contributed by atoms with Crippen molar-refractivity contribution in [3.05, 3.63) is 71.5 Å². The topological polar surface area (TPSA) is 97.6 Å². The Morgan fingerprint density at radius 2 is 2.00 bits per heavy atom. The van der Waals surface area contributed by atoms with Crippen LogP contribution in [-0.4, -0.2) is 34.0 Å². The maximum absolute atomic E-state index is 15.0. The maximum Gasteiger partial charge on any atom is 0.280 e. The number of aromatic nitrogens is 2. The number of hydrogen-bond acceptors (Lipinski definition) is 6. The van der Waals surface area contributed by atoms with E-state index in [4.69, 9.17) is 10.3 Å². The van der Waals surface area contributed by atoms with Gasteiger partial charge in [0.1, 0.15) is 23.5 Å². The van der Waals surface area contributed by atoms with Gasteiger partial charge in [0.15, 0.2) is 11.5 Å². The van der Waals surface area contributed by atoms with Gasteiger partial charge in [-0.1, -0.05) is 5.16 Å². The zero-order valence-corrected chi connectivity index (χ0v) is 15.0. The number of guanidine groups is 1. The van der Waals surface area contributed by atoms with Gasteiger partial charge in [-0.05, 0) is 35.9 Å². The van der Waals surface area contributed by atoms with E-state index in [0.29, 0.717) is 11.3 Å². The number of likely N-dealkylation sites (N-methyl/N-ethyl adjacent to an activating group) is 1. The van der Waals surface area contributed by atoms with Gasteiger partial charge in [0, 0.05) is 30.4 Å². The fourth-order valence-electron chi connectivity index (χ4n) is 3.28. The van der Waals surface area contributed by atoms with Crippen molar-refractivity contribution in [3.8, 4) is 11.3 Å². The van der Waals surface area contributed by atoms with E-state index in [1.54, 1.807) is 6.07 Å². The minimum Gasteiger partial charge on any atom is -0.369 e. The summed E-state index contributed by atoms with van der Waals surface area (Å²) in [5, 5.41) is 3.80. The van der Waals surface area contributed by atoms with Crippen molar-refractivity contribution in [1.29, 1.82) is 0 Å². The van der Waals surface area contributed by atoms with E-state index >= 15 is 0 Å². The van der Waals surface area contributed by atoms with Crippen molar-refractivity contribution in [3.63, 3.8) is 0 Å². The van der Waals surface area contributed by atoms with Gasteiger partial charge in [-0.25, -0.2) is 18.2 Å². The number of alkyl halides is 2. The van der Waals surface area contributed by atoms with E-state index in [1.165, 1.54) is 31.5 Å². The van der Waals surface area contributed by atoms with Gasteiger partial charge in [-0.3, -0.25) is 14.7 Å². The Bertz CT molecular complexity index is 1120. The summed E-state index contributed by atoms with van der Waals surface area (Å²) in [4.78, 5) is 22.1. The fourth-order valence-corrected chi connectivity index (χ4v) is 3.28. The summed E-state index contributed by atoms with van der Waals surface area (Å²) in [7, 11) is 1.37. The molecule has 29 heavy (non-hydrogen) atoms. The van der Waals surface area contributed by atoms with Gasteiger partial charge < -0.3 is 10.3 Å². The lowest BCUT2D eigenvalue weighted by atomic mass is 9.81. The van der Waals surface area contributed by atoms with Crippen molar-refractivity contribution < 1.29 is 22.5 Å². The van der Waals surface area contributed by atoms with Crippen LogP contribution in [0.5, 0.6) is 0 Å². The van der Waals surface area contributed by atoms with Crippen molar-refractivity contribution in [2.75, 3.05) is 7.05 Å². The summed E-state index contributed by atoms with van der Waals surface area (Å²) < 4.78 is 46.3. The Hall–Kier alpha value is -3.69. The Balaban J connectivity index is 2.00. The predicted molar refractivity (Wildman–Crippen MR) is 96.3 cm³/mol. The molecule has 1 aliphatic heterocycles. The van der Waals surface area contributed by atoms with E-state index in [-0.39, 0.29) is 17.1 Å². The number of carbonyl (C=O) groups is 1. The van der Waals surface area contributed by atoms with Gasteiger partial charge in [-0.2, -0.15) is 0 Å². The summed E-state index contributed by atoms with van der Waals surface area (Å²) in [5.74, 6) is -1.61. The molecule has 0 aliphatic carbocycles. The molecule has 0 radical (unpaired) electrons. The van der Waals surface area contributed by atoms with Crippen LogP contribution in [0.3, 0.4) is 0 Å². The molecule has 0 fully saturated rings. The third-order valence-electron chi connectivity index (χ3n) is 4.75. The third kappa shape index (κ3) is 2.84. The first-order valence-corrected chi connectivity index (χ1v) is 8.43. The van der Waals surface area contributed by atoms with E-state index in [1.807, 2.05) is 0 Å². The van der Waals surface area contributed by atoms with Crippen molar-refractivity contribution in [2.24, 2.45) is 10.7 Å². The SMILES string of the molecule is CN1C(=O)C(c2ccnc(C(F)F)c2)(c2cc(-c3ccon3)ccc2F)N=C1N. The molecule has 1 unspecified atom stereocenters. The minimum atomic E-state index is -2.88. The average molecular weight is 401 g/mol. The monoisotopic (exact) mass is 401 g/mol. The van der Waals surface area contributed by atoms with Crippen molar-refractivity contribution in [1.82, 2.24) is 15.0 Å². The number of halogens is 3. The number of rotatable bonds is 4. The van der Waals surface area contributed by atoms with Crippen LogP contribution in [0.15, 0.2) is 58.4 Å². The van der Waals surface area contributed by atoms with Gasteiger partial charge in [0.05, 0.1) is 0 Å². The van der Waals surface area contributed by atoms with Crippen LogP contribution in [0.2, 0.25) is 0 Å². The highest BCUT2D eigenvalue weighted by molar-refractivity contribution is 6.09. The van der Waals surface area contributed by atoms with Crippen LogP contribution in [0, 0.1) is 5.82 Å². The molecule has 3 heterocycles. The molecule has 1 aromatic carbocycles. The zero-order valence-electron chi connectivity index (χ0n) is 15.0. The highest BCUT2D eigenvalue weighted by Gasteiger charge is 2.51. The molecule has 0 saturated heterocycles. The molecular formula is C19H14F3N5O2. The van der Waals surface area contributed by atoms with Crippen molar-refractivity contribution in [2.45, 2.75) is 12.0 Å². The number of hydrogen-bond donors (Lipinski definition) is 1. The second kappa shape index (κ2) is 6.73. The summed E-state index contributed by atoms with van der Waals surface area (Å²) in [6, 6.07) is 7.91. The Morgan fingerprint density at radius 3 is 2.62 bits per heavy atom. The van der Waals surface area contributed by atoms with Crippen LogP contribution in [-0.2, 0) is 10.3 Å². The summed E-state index contributed by atoms with van der Waals surface area (Å²) in [5.41, 5.74) is 4.03. The zero-order chi connectivity index (χ0) is 20.8. The minimum absolute atomic E-state index is 0.0244. The van der Waals surface area contributed by atoms with Gasteiger partial charge in [0.2, 0.25) is 0 Å². The molecule has 3 aromatic rings. The number of carbonyl (C=O) groups excluding carboxylic acids is 1. The molecule has 0 spiro atoms. The maximum atomic E-state index is 15.0. The Labute approximate surface area is 162 Å².